The fourth-order valence-corrected chi connectivity index (χ4v) is 2.99. The van der Waals surface area contributed by atoms with E-state index in [0.717, 1.165) is 11.6 Å². The van der Waals surface area contributed by atoms with Gasteiger partial charge in [0.05, 0.1) is 5.69 Å². The number of nitrogen functional groups attached to an aromatic ring is 1. The van der Waals surface area contributed by atoms with Gasteiger partial charge in [-0.2, -0.15) is 0 Å². The summed E-state index contributed by atoms with van der Waals surface area (Å²) in [6, 6.07) is 12.7. The molecule has 4 N–H and O–H groups in total. The summed E-state index contributed by atoms with van der Waals surface area (Å²) >= 11 is 0. The summed E-state index contributed by atoms with van der Waals surface area (Å²) < 4.78 is 19.2. The van der Waals surface area contributed by atoms with E-state index in [1.807, 2.05) is 26.8 Å². The Hall–Kier alpha value is -3.09. The molecule has 0 fully saturated rings. The number of rotatable bonds is 6. The molecule has 0 bridgehead atoms. The van der Waals surface area contributed by atoms with Crippen LogP contribution in [0.3, 0.4) is 0 Å². The Kier molecular flexibility index (Phi) is 6.28. The van der Waals surface area contributed by atoms with E-state index in [-0.39, 0.29) is 24.3 Å². The predicted octanol–water partition coefficient (Wildman–Crippen LogP) is 4.05. The lowest BCUT2D eigenvalue weighted by molar-refractivity contribution is -0.146. The molecule has 2 aromatic carbocycles. The molecule has 0 spiro atoms. The first kappa shape index (κ1) is 21.2. The molecule has 0 aliphatic carbocycles. The normalized spacial score (nSPS) is 13.4. The lowest BCUT2D eigenvalue weighted by Crippen LogP contribution is -2.54. The maximum absolute atomic E-state index is 14.1. The van der Waals surface area contributed by atoms with Gasteiger partial charge in [-0.05, 0) is 35.1 Å². The van der Waals surface area contributed by atoms with Crippen LogP contribution in [-0.2, 0) is 21.7 Å². The van der Waals surface area contributed by atoms with Gasteiger partial charge in [0.25, 0.3) is 0 Å². The number of halogens is 1. The summed E-state index contributed by atoms with van der Waals surface area (Å²) in [5.74, 6) is -2.07. The van der Waals surface area contributed by atoms with E-state index >= 15 is 0 Å². The minimum atomic E-state index is -1.87. The lowest BCUT2D eigenvalue weighted by atomic mass is 9.75. The number of hydrogen-bond acceptors (Lipinski definition) is 4. The van der Waals surface area contributed by atoms with Crippen LogP contribution in [0.2, 0.25) is 0 Å². The molecule has 7 heteroatoms. The second-order valence-electron chi connectivity index (χ2n) is 7.87. The molecule has 0 radical (unpaired) electrons. The summed E-state index contributed by atoms with van der Waals surface area (Å²) in [7, 11) is 0. The van der Waals surface area contributed by atoms with E-state index in [0.29, 0.717) is 0 Å². The van der Waals surface area contributed by atoms with Crippen molar-refractivity contribution < 1.29 is 23.8 Å². The van der Waals surface area contributed by atoms with Crippen molar-refractivity contribution in [2.24, 2.45) is 5.41 Å². The molecule has 1 amide bonds. The molecule has 0 aliphatic heterocycles. The zero-order chi connectivity index (χ0) is 20.9. The first-order chi connectivity index (χ1) is 13.0. The van der Waals surface area contributed by atoms with Crippen LogP contribution >= 0.6 is 0 Å². The number of alkyl carbamates (subject to hydrolysis) is 1. The van der Waals surface area contributed by atoms with Crippen molar-refractivity contribution >= 4 is 17.7 Å². The van der Waals surface area contributed by atoms with Crippen molar-refractivity contribution in [3.8, 4) is 0 Å². The van der Waals surface area contributed by atoms with Gasteiger partial charge in [-0.15, -0.1) is 0 Å². The number of hydrogen-bond donors (Lipinski definition) is 3. The van der Waals surface area contributed by atoms with Gasteiger partial charge in [0.2, 0.25) is 0 Å². The molecule has 1 atom stereocenters. The molecular formula is C21H25FN2O4. The Bertz CT molecular complexity index is 849. The number of carboxylic acids is 1. The molecule has 0 aliphatic rings. The zero-order valence-electron chi connectivity index (χ0n) is 16.2. The van der Waals surface area contributed by atoms with Gasteiger partial charge >= 0.3 is 12.1 Å². The summed E-state index contributed by atoms with van der Waals surface area (Å²) in [6.45, 7) is 5.47. The van der Waals surface area contributed by atoms with Crippen LogP contribution < -0.4 is 11.1 Å². The van der Waals surface area contributed by atoms with Crippen molar-refractivity contribution in [1.29, 1.82) is 0 Å². The van der Waals surface area contributed by atoms with Gasteiger partial charge in [-0.3, -0.25) is 0 Å². The molecule has 150 valence electrons. The molecule has 0 aromatic heterocycles. The highest BCUT2D eigenvalue weighted by atomic mass is 19.1. The van der Waals surface area contributed by atoms with Crippen LogP contribution in [0.1, 0.15) is 38.3 Å². The van der Waals surface area contributed by atoms with E-state index in [1.54, 1.807) is 24.3 Å². The second kappa shape index (κ2) is 8.29. The molecule has 6 nitrogen and oxygen atoms in total. The monoisotopic (exact) mass is 388 g/mol. The number of benzene rings is 2. The number of carbonyl (C=O) groups is 2. The van der Waals surface area contributed by atoms with Gasteiger partial charge in [-0.1, -0.05) is 57.2 Å². The van der Waals surface area contributed by atoms with Crippen LogP contribution in [0.25, 0.3) is 0 Å². The molecule has 0 saturated carbocycles. The Balaban J connectivity index is 2.34. The summed E-state index contributed by atoms with van der Waals surface area (Å²) in [5.41, 5.74) is 3.88. The third kappa shape index (κ3) is 5.22. The number of carbonyl (C=O) groups excluding carboxylic acids is 1. The fraction of sp³-hybridized carbons (Fsp3) is 0.333. The minimum Gasteiger partial charge on any atom is -0.479 e. The first-order valence-electron chi connectivity index (χ1n) is 8.81. The average Bonchev–Trinajstić information content (AvgIpc) is 2.61. The standard InChI is InChI=1S/C21H25FN2O4/c1-20(2,3)13-21(18(25)26,15-9-10-17(23)16(22)11-15)24-19(27)28-12-14-7-5-4-6-8-14/h4-11H,12-13,23H2,1-3H3,(H,24,27)(H,25,26). The Morgan fingerprint density at radius 3 is 2.32 bits per heavy atom. The number of amides is 1. The maximum Gasteiger partial charge on any atom is 0.408 e. The van der Waals surface area contributed by atoms with E-state index in [1.165, 1.54) is 12.1 Å². The van der Waals surface area contributed by atoms with E-state index in [4.69, 9.17) is 10.5 Å². The quantitative estimate of drug-likeness (QED) is 0.648. The van der Waals surface area contributed by atoms with E-state index in [2.05, 4.69) is 5.32 Å². The Labute approximate surface area is 163 Å². The summed E-state index contributed by atoms with van der Waals surface area (Å²) in [6.07, 6.45) is -0.896. The third-order valence-electron chi connectivity index (χ3n) is 4.18. The third-order valence-corrected chi connectivity index (χ3v) is 4.18. The Morgan fingerprint density at radius 2 is 1.79 bits per heavy atom. The number of aliphatic carboxylic acids is 1. The predicted molar refractivity (Wildman–Crippen MR) is 104 cm³/mol. The van der Waals surface area contributed by atoms with Crippen molar-refractivity contribution in [2.75, 3.05) is 5.73 Å². The highest BCUT2D eigenvalue weighted by Gasteiger charge is 2.45. The van der Waals surface area contributed by atoms with Crippen LogP contribution in [0.4, 0.5) is 14.9 Å². The van der Waals surface area contributed by atoms with Gasteiger partial charge < -0.3 is 20.9 Å². The topological polar surface area (TPSA) is 102 Å². The largest absolute Gasteiger partial charge is 0.479 e. The average molecular weight is 388 g/mol. The van der Waals surface area contributed by atoms with Gasteiger partial charge in [0.1, 0.15) is 12.4 Å². The number of ether oxygens (including phenoxy) is 1. The molecule has 2 rings (SSSR count). The number of nitrogens with one attached hydrogen (secondary N) is 1. The minimum absolute atomic E-state index is 0.0130. The van der Waals surface area contributed by atoms with E-state index < -0.39 is 28.8 Å². The maximum atomic E-state index is 14.1. The van der Waals surface area contributed by atoms with Gasteiger partial charge in [0, 0.05) is 0 Å². The van der Waals surface area contributed by atoms with Crippen molar-refractivity contribution in [3.05, 3.63) is 65.5 Å². The number of nitrogens with two attached hydrogens (primary N) is 1. The van der Waals surface area contributed by atoms with Crippen LogP contribution in [-0.4, -0.2) is 17.2 Å². The highest BCUT2D eigenvalue weighted by Crippen LogP contribution is 2.36. The molecule has 1 unspecified atom stereocenters. The van der Waals surface area contributed by atoms with Crippen LogP contribution in [0.5, 0.6) is 0 Å². The summed E-state index contributed by atoms with van der Waals surface area (Å²) in [5, 5.41) is 12.5. The molecule has 0 saturated heterocycles. The molecular weight excluding hydrogens is 363 g/mol. The van der Waals surface area contributed by atoms with Crippen molar-refractivity contribution in [1.82, 2.24) is 5.32 Å². The van der Waals surface area contributed by atoms with Crippen LogP contribution in [0, 0.1) is 11.2 Å². The SMILES string of the molecule is CC(C)(C)CC(NC(=O)OCc1ccccc1)(C(=O)O)c1ccc(N)c(F)c1. The van der Waals surface area contributed by atoms with Crippen molar-refractivity contribution in [3.63, 3.8) is 0 Å². The number of anilines is 1. The molecule has 28 heavy (non-hydrogen) atoms. The molecule has 2 aromatic rings. The summed E-state index contributed by atoms with van der Waals surface area (Å²) in [4.78, 5) is 24.7. The van der Waals surface area contributed by atoms with Crippen LogP contribution in [0.15, 0.2) is 48.5 Å². The number of carboxylic acid groups (broad SMARTS) is 1. The van der Waals surface area contributed by atoms with Crippen molar-refractivity contribution in [2.45, 2.75) is 39.3 Å². The lowest BCUT2D eigenvalue weighted by Gasteiger charge is -2.36. The zero-order valence-corrected chi connectivity index (χ0v) is 16.2. The highest BCUT2D eigenvalue weighted by molar-refractivity contribution is 5.86. The van der Waals surface area contributed by atoms with Gasteiger partial charge in [0.15, 0.2) is 5.54 Å². The Morgan fingerprint density at radius 1 is 1.14 bits per heavy atom. The van der Waals surface area contributed by atoms with Gasteiger partial charge in [-0.25, -0.2) is 14.0 Å². The second-order valence-corrected chi connectivity index (χ2v) is 7.87. The fourth-order valence-electron chi connectivity index (χ4n) is 2.99. The molecule has 0 heterocycles. The first-order valence-corrected chi connectivity index (χ1v) is 8.81. The van der Waals surface area contributed by atoms with E-state index in [9.17, 15) is 19.1 Å². The smallest absolute Gasteiger partial charge is 0.408 e.